The fraction of sp³-hybridized carbons (Fsp3) is 0.552. The number of ether oxygens (including phenoxy) is 5. The molecule has 2 fully saturated rings. The largest absolute Gasteiger partial charge is 0.460 e. The first kappa shape index (κ1) is 51.5. The quantitative estimate of drug-likeness (QED) is 0.0684. The molecule has 1 N–H and O–H groups in total. The second kappa shape index (κ2) is 22.6. The Labute approximate surface area is 407 Å². The molecule has 10 heteroatoms. The molecule has 9 nitrogen and oxygen atoms in total. The van der Waals surface area contributed by atoms with E-state index in [1.54, 1.807) is 0 Å². The van der Waals surface area contributed by atoms with Crippen molar-refractivity contribution in [2.45, 2.75) is 192 Å². The fourth-order valence-electron chi connectivity index (χ4n) is 9.97. The number of hydrogen-bond donors (Lipinski definition) is 1. The minimum atomic E-state index is -2.19. The molecule has 368 valence electrons. The molecule has 68 heavy (non-hydrogen) atoms. The molecule has 3 heterocycles. The van der Waals surface area contributed by atoms with Gasteiger partial charge in [0.25, 0.3) is 0 Å². The van der Waals surface area contributed by atoms with Gasteiger partial charge in [0.15, 0.2) is 8.32 Å². The van der Waals surface area contributed by atoms with Gasteiger partial charge in [-0.15, -0.1) is 0 Å². The molecule has 0 spiro atoms. The Morgan fingerprint density at radius 3 is 2.01 bits per heavy atom. The number of fused-ring (bicyclic) bond motifs is 1. The lowest BCUT2D eigenvalue weighted by Gasteiger charge is -2.43. The average molecular weight is 947 g/mol. The Morgan fingerprint density at radius 1 is 0.765 bits per heavy atom. The summed E-state index contributed by atoms with van der Waals surface area (Å²) in [6, 6.07) is 34.9. The van der Waals surface area contributed by atoms with Gasteiger partial charge in [-0.2, -0.15) is 0 Å². The maximum atomic E-state index is 13.9. The van der Waals surface area contributed by atoms with Crippen LogP contribution in [0.5, 0.6) is 5.75 Å². The number of aliphatic hydroxyl groups is 1. The van der Waals surface area contributed by atoms with Gasteiger partial charge < -0.3 is 33.2 Å². The van der Waals surface area contributed by atoms with Crippen molar-refractivity contribution in [1.82, 2.24) is 0 Å². The van der Waals surface area contributed by atoms with Gasteiger partial charge in [0.2, 0.25) is 0 Å². The molecule has 0 saturated carbocycles. The van der Waals surface area contributed by atoms with Gasteiger partial charge in [0.05, 0.1) is 35.9 Å². The monoisotopic (exact) mass is 947 g/mol. The molecular formula is C58H78O9Si. The molecule has 0 aromatic heterocycles. The fourth-order valence-corrected chi connectivity index (χ4v) is 11.3. The number of carbonyl (C=O) groups excluding carboxylic acids is 2. The first-order valence-corrected chi connectivity index (χ1v) is 28.4. The summed E-state index contributed by atoms with van der Waals surface area (Å²) >= 11 is 0. The summed E-state index contributed by atoms with van der Waals surface area (Å²) in [5.41, 5.74) is 3.09. The van der Waals surface area contributed by atoms with Crippen LogP contribution in [0.2, 0.25) is 18.1 Å². The SMILES string of the molecule is C[C@@H](CC[C@@H]1CCC[C@H](CCCc2cccc3c2C(=O)OC(c2ccccc2)(c2ccccc2)O3)O1)[C@H](O)C[C@H](C[C@@H]1CCC[C@H](C(C)(C)C(=O)OCc2ccccc2)O1)O[Si](C)(C)C(C)(C)C. The maximum Gasteiger partial charge on any atom is 0.346 e. The highest BCUT2D eigenvalue weighted by molar-refractivity contribution is 6.74. The predicted octanol–water partition coefficient (Wildman–Crippen LogP) is 13.1. The van der Waals surface area contributed by atoms with Crippen molar-refractivity contribution in [1.29, 1.82) is 0 Å². The first-order valence-electron chi connectivity index (χ1n) is 25.5. The van der Waals surface area contributed by atoms with Crippen molar-refractivity contribution in [3.05, 3.63) is 137 Å². The van der Waals surface area contributed by atoms with Gasteiger partial charge in [0.1, 0.15) is 17.9 Å². The van der Waals surface area contributed by atoms with E-state index in [2.05, 4.69) is 40.8 Å². The van der Waals surface area contributed by atoms with Gasteiger partial charge in [-0.1, -0.05) is 131 Å². The third kappa shape index (κ3) is 12.7. The standard InChI is InChI=1S/C58H78O9Si/c1-41(50(59)39-49(67-68(7,8)56(2,3)4)38-48-33-21-35-52(64-48)57(5,6)55(61)62-40-42-22-12-9-13-23-42)36-37-47-32-20-31-46(63-47)30-18-24-43-25-19-34-51-53(43)54(60)66-58(65-51,44-26-14-10-15-27-44)45-28-16-11-17-29-45/h9-17,19,22-23,25-29,34,41,46-50,52,59H,18,20-21,24,30-33,35-40H2,1-8H3/t41-,46-,47-,48-,49-,50+,52+/m0/s1. The Hall–Kier alpha value is -4.32. The highest BCUT2D eigenvalue weighted by atomic mass is 28.4. The van der Waals surface area contributed by atoms with Crippen LogP contribution in [0.15, 0.2) is 109 Å². The normalized spacial score (nSPS) is 22.2. The van der Waals surface area contributed by atoms with Gasteiger partial charge in [0, 0.05) is 17.2 Å². The molecule has 0 unspecified atom stereocenters. The molecule has 0 amide bonds. The molecule has 7 atom stereocenters. The molecule has 4 aromatic carbocycles. The third-order valence-electron chi connectivity index (χ3n) is 15.3. The minimum absolute atomic E-state index is 0.00994. The summed E-state index contributed by atoms with van der Waals surface area (Å²) in [6.07, 6.45) is 10.5. The lowest BCUT2D eigenvalue weighted by Crippen LogP contribution is -2.48. The Balaban J connectivity index is 0.909. The Morgan fingerprint density at radius 2 is 1.37 bits per heavy atom. The Bertz CT molecular complexity index is 2180. The second-order valence-electron chi connectivity index (χ2n) is 21.9. The average Bonchev–Trinajstić information content (AvgIpc) is 3.33. The lowest BCUT2D eigenvalue weighted by atomic mass is 9.81. The molecule has 0 radical (unpaired) electrons. The van der Waals surface area contributed by atoms with E-state index in [0.717, 1.165) is 86.5 Å². The molecule has 4 aromatic rings. The minimum Gasteiger partial charge on any atom is -0.460 e. The van der Waals surface area contributed by atoms with Crippen LogP contribution in [0.3, 0.4) is 0 Å². The molecule has 3 aliphatic heterocycles. The molecule has 2 saturated heterocycles. The summed E-state index contributed by atoms with van der Waals surface area (Å²) in [6.45, 7) is 17.6. The summed E-state index contributed by atoms with van der Waals surface area (Å²) in [4.78, 5) is 27.4. The van der Waals surface area contributed by atoms with E-state index < -0.39 is 25.6 Å². The zero-order chi connectivity index (χ0) is 48.5. The summed E-state index contributed by atoms with van der Waals surface area (Å²) in [5.74, 6) is -1.41. The van der Waals surface area contributed by atoms with Crippen molar-refractivity contribution in [3.8, 4) is 5.75 Å². The van der Waals surface area contributed by atoms with E-state index in [9.17, 15) is 14.7 Å². The van der Waals surface area contributed by atoms with Crippen LogP contribution >= 0.6 is 0 Å². The number of hydrogen-bond acceptors (Lipinski definition) is 9. The van der Waals surface area contributed by atoms with E-state index in [1.807, 2.05) is 123 Å². The number of esters is 2. The van der Waals surface area contributed by atoms with E-state index in [-0.39, 0.29) is 60.0 Å². The van der Waals surface area contributed by atoms with Gasteiger partial charge >= 0.3 is 17.7 Å². The van der Waals surface area contributed by atoms with Crippen molar-refractivity contribution in [2.24, 2.45) is 11.3 Å². The molecule has 3 aliphatic rings. The highest BCUT2D eigenvalue weighted by Crippen LogP contribution is 2.44. The first-order chi connectivity index (χ1) is 32.4. The van der Waals surface area contributed by atoms with E-state index in [1.165, 1.54) is 0 Å². The number of aliphatic hydroxyl groups excluding tert-OH is 1. The Kier molecular flexibility index (Phi) is 17.1. The van der Waals surface area contributed by atoms with Crippen LogP contribution in [0, 0.1) is 11.3 Å². The third-order valence-corrected chi connectivity index (χ3v) is 19.9. The number of rotatable bonds is 20. The van der Waals surface area contributed by atoms with Crippen LogP contribution in [0.1, 0.15) is 151 Å². The van der Waals surface area contributed by atoms with Crippen molar-refractivity contribution in [2.75, 3.05) is 0 Å². The number of cyclic esters (lactones) is 1. The van der Waals surface area contributed by atoms with Crippen LogP contribution < -0.4 is 4.74 Å². The second-order valence-corrected chi connectivity index (χ2v) is 26.6. The zero-order valence-corrected chi connectivity index (χ0v) is 43.0. The maximum absolute atomic E-state index is 13.9. The molecular weight excluding hydrogens is 869 g/mol. The van der Waals surface area contributed by atoms with Crippen molar-refractivity contribution >= 4 is 20.3 Å². The molecule has 0 aliphatic carbocycles. The van der Waals surface area contributed by atoms with Crippen molar-refractivity contribution < 1.29 is 42.8 Å². The number of carbonyl (C=O) groups is 2. The van der Waals surface area contributed by atoms with Crippen LogP contribution in [-0.4, -0.2) is 62.0 Å². The van der Waals surface area contributed by atoms with Crippen LogP contribution in [0.25, 0.3) is 0 Å². The van der Waals surface area contributed by atoms with E-state index >= 15 is 0 Å². The van der Waals surface area contributed by atoms with Crippen LogP contribution in [0.4, 0.5) is 0 Å². The van der Waals surface area contributed by atoms with Gasteiger partial charge in [-0.3, -0.25) is 4.79 Å². The molecule has 7 rings (SSSR count). The smallest absolute Gasteiger partial charge is 0.346 e. The zero-order valence-electron chi connectivity index (χ0n) is 42.0. The number of benzene rings is 4. The van der Waals surface area contributed by atoms with Crippen LogP contribution in [-0.2, 0) is 47.0 Å². The van der Waals surface area contributed by atoms with E-state index in [4.69, 9.17) is 28.1 Å². The summed E-state index contributed by atoms with van der Waals surface area (Å²) in [5, 5.41) is 11.8. The number of aryl methyl sites for hydroxylation is 1. The summed E-state index contributed by atoms with van der Waals surface area (Å²) in [7, 11) is -2.19. The van der Waals surface area contributed by atoms with E-state index in [0.29, 0.717) is 30.6 Å². The van der Waals surface area contributed by atoms with Gasteiger partial charge in [-0.25, -0.2) is 4.79 Å². The predicted molar refractivity (Wildman–Crippen MR) is 270 cm³/mol. The van der Waals surface area contributed by atoms with Crippen molar-refractivity contribution in [3.63, 3.8) is 0 Å². The summed E-state index contributed by atoms with van der Waals surface area (Å²) < 4.78 is 39.4. The molecule has 0 bridgehead atoms. The lowest BCUT2D eigenvalue weighted by molar-refractivity contribution is -0.174. The highest BCUT2D eigenvalue weighted by Gasteiger charge is 2.47. The van der Waals surface area contributed by atoms with Gasteiger partial charge in [-0.05, 0) is 139 Å². The topological polar surface area (TPSA) is 110 Å².